The van der Waals surface area contributed by atoms with Gasteiger partial charge in [-0.05, 0) is 18.6 Å². The van der Waals surface area contributed by atoms with Crippen LogP contribution in [0.4, 0.5) is 0 Å². The van der Waals surface area contributed by atoms with Crippen LogP contribution in [0.15, 0.2) is 17.3 Å². The van der Waals surface area contributed by atoms with Crippen LogP contribution in [0.1, 0.15) is 0 Å². The summed E-state index contributed by atoms with van der Waals surface area (Å²) in [7, 11) is 0. The summed E-state index contributed by atoms with van der Waals surface area (Å²) in [6, 6.07) is 0. The Labute approximate surface area is 80.4 Å². The van der Waals surface area contributed by atoms with Gasteiger partial charge in [-0.3, -0.25) is 5.84 Å². The average molecular weight is 204 g/mol. The number of rotatable bonds is 2. The SMILES string of the molecule is CSC1=NC(NN)(SC)C=CN1. The maximum Gasteiger partial charge on any atom is 0.193 e. The fraction of sp³-hybridized carbons (Fsp3) is 0.500. The molecule has 4 nitrogen and oxygen atoms in total. The van der Waals surface area contributed by atoms with Crippen molar-refractivity contribution in [2.24, 2.45) is 10.8 Å². The zero-order chi connectivity index (χ0) is 9.03. The highest BCUT2D eigenvalue weighted by molar-refractivity contribution is 8.13. The summed E-state index contributed by atoms with van der Waals surface area (Å²) in [6.07, 6.45) is 7.65. The van der Waals surface area contributed by atoms with Gasteiger partial charge in [0.25, 0.3) is 0 Å². The molecule has 0 aromatic carbocycles. The standard InChI is InChI=1S/C6H12N4S2/c1-11-5-8-4-3-6(9-5,10-7)12-2/h3-4,10H,7H2,1-2H3,(H,8,9). The molecule has 1 aliphatic heterocycles. The molecule has 1 unspecified atom stereocenters. The number of hydrogen-bond donors (Lipinski definition) is 3. The van der Waals surface area contributed by atoms with Crippen LogP contribution < -0.4 is 16.6 Å². The lowest BCUT2D eigenvalue weighted by Gasteiger charge is -2.26. The Bertz CT molecular complexity index is 210. The van der Waals surface area contributed by atoms with E-state index in [9.17, 15) is 0 Å². The second-order valence-electron chi connectivity index (χ2n) is 2.14. The van der Waals surface area contributed by atoms with Gasteiger partial charge in [0.2, 0.25) is 0 Å². The lowest BCUT2D eigenvalue weighted by molar-refractivity contribution is 0.589. The van der Waals surface area contributed by atoms with Crippen LogP contribution in [0.5, 0.6) is 0 Å². The van der Waals surface area contributed by atoms with E-state index in [0.717, 1.165) is 5.17 Å². The quantitative estimate of drug-likeness (QED) is 0.343. The third-order valence-electron chi connectivity index (χ3n) is 1.50. The Balaban J connectivity index is 2.81. The van der Waals surface area contributed by atoms with Crippen molar-refractivity contribution in [3.8, 4) is 0 Å². The van der Waals surface area contributed by atoms with E-state index in [1.54, 1.807) is 23.5 Å². The van der Waals surface area contributed by atoms with Crippen LogP contribution in [0, 0.1) is 0 Å². The molecular weight excluding hydrogens is 192 g/mol. The molecule has 6 heteroatoms. The molecule has 0 spiro atoms. The van der Waals surface area contributed by atoms with E-state index >= 15 is 0 Å². The Morgan fingerprint density at radius 3 is 2.92 bits per heavy atom. The van der Waals surface area contributed by atoms with Crippen molar-refractivity contribution in [2.45, 2.75) is 4.99 Å². The molecule has 0 fully saturated rings. The van der Waals surface area contributed by atoms with E-state index in [1.807, 2.05) is 24.8 Å². The van der Waals surface area contributed by atoms with E-state index < -0.39 is 4.99 Å². The van der Waals surface area contributed by atoms with Crippen molar-refractivity contribution < 1.29 is 0 Å². The van der Waals surface area contributed by atoms with Gasteiger partial charge in [0.15, 0.2) is 10.2 Å². The molecule has 4 N–H and O–H groups in total. The normalized spacial score (nSPS) is 28.1. The lowest BCUT2D eigenvalue weighted by atomic mass is 10.4. The highest BCUT2D eigenvalue weighted by Crippen LogP contribution is 2.24. The topological polar surface area (TPSA) is 62.4 Å². The van der Waals surface area contributed by atoms with Gasteiger partial charge < -0.3 is 5.32 Å². The fourth-order valence-corrected chi connectivity index (χ4v) is 1.79. The zero-order valence-corrected chi connectivity index (χ0v) is 8.63. The first-order valence-electron chi connectivity index (χ1n) is 3.37. The van der Waals surface area contributed by atoms with Crippen molar-refractivity contribution in [1.29, 1.82) is 0 Å². The lowest BCUT2D eigenvalue weighted by Crippen LogP contribution is -2.46. The number of aliphatic imine (C=N–C) groups is 1. The maximum absolute atomic E-state index is 5.40. The first-order chi connectivity index (χ1) is 5.76. The first kappa shape index (κ1) is 9.91. The summed E-state index contributed by atoms with van der Waals surface area (Å²) in [5.74, 6) is 5.40. The van der Waals surface area contributed by atoms with Gasteiger partial charge in [0, 0.05) is 6.20 Å². The monoisotopic (exact) mass is 204 g/mol. The van der Waals surface area contributed by atoms with Crippen molar-refractivity contribution in [2.75, 3.05) is 12.5 Å². The van der Waals surface area contributed by atoms with Gasteiger partial charge >= 0.3 is 0 Å². The highest BCUT2D eigenvalue weighted by atomic mass is 32.2. The Kier molecular flexibility index (Phi) is 3.45. The molecule has 1 heterocycles. The van der Waals surface area contributed by atoms with Crippen molar-refractivity contribution >= 4 is 28.7 Å². The number of nitrogens with zero attached hydrogens (tertiary/aromatic N) is 1. The second-order valence-corrected chi connectivity index (χ2v) is 3.97. The molecule has 0 amide bonds. The van der Waals surface area contributed by atoms with Crippen LogP contribution in [0.25, 0.3) is 0 Å². The number of amidine groups is 1. The fourth-order valence-electron chi connectivity index (χ4n) is 0.804. The van der Waals surface area contributed by atoms with Gasteiger partial charge in [0.05, 0.1) is 0 Å². The molecule has 0 aromatic rings. The zero-order valence-electron chi connectivity index (χ0n) is 7.00. The Hall–Kier alpha value is -0.170. The second kappa shape index (κ2) is 4.18. The Morgan fingerprint density at radius 2 is 2.42 bits per heavy atom. The number of nitrogens with two attached hydrogens (primary N) is 1. The summed E-state index contributed by atoms with van der Waals surface area (Å²) in [5, 5.41) is 3.88. The van der Waals surface area contributed by atoms with Gasteiger partial charge in [-0.15, -0.1) is 11.8 Å². The van der Waals surface area contributed by atoms with E-state index in [-0.39, 0.29) is 0 Å². The van der Waals surface area contributed by atoms with Crippen LogP contribution in [-0.4, -0.2) is 22.7 Å². The first-order valence-corrected chi connectivity index (χ1v) is 5.82. The van der Waals surface area contributed by atoms with Crippen molar-refractivity contribution in [3.63, 3.8) is 0 Å². The molecule has 0 saturated heterocycles. The summed E-state index contributed by atoms with van der Waals surface area (Å²) < 4.78 is 0. The van der Waals surface area contributed by atoms with Crippen LogP contribution in [0.2, 0.25) is 0 Å². The molecule has 0 bridgehead atoms. The number of hydrazine groups is 1. The highest BCUT2D eigenvalue weighted by Gasteiger charge is 2.25. The van der Waals surface area contributed by atoms with Gasteiger partial charge in [-0.1, -0.05) is 11.8 Å². The summed E-state index contributed by atoms with van der Waals surface area (Å²) in [4.78, 5) is 3.88. The minimum absolute atomic E-state index is 0.496. The number of thioether (sulfide) groups is 2. The van der Waals surface area contributed by atoms with Gasteiger partial charge in [0.1, 0.15) is 0 Å². The average Bonchev–Trinajstić information content (AvgIpc) is 2.18. The van der Waals surface area contributed by atoms with E-state index in [0.29, 0.717) is 0 Å². The summed E-state index contributed by atoms with van der Waals surface area (Å²) in [5.41, 5.74) is 2.67. The molecule has 1 atom stereocenters. The van der Waals surface area contributed by atoms with Crippen LogP contribution >= 0.6 is 23.5 Å². The minimum atomic E-state index is -0.496. The predicted octanol–water partition coefficient (Wildman–Crippen LogP) is 0.302. The molecule has 68 valence electrons. The Morgan fingerprint density at radius 1 is 1.67 bits per heavy atom. The van der Waals surface area contributed by atoms with Crippen molar-refractivity contribution in [1.82, 2.24) is 10.7 Å². The predicted molar refractivity (Wildman–Crippen MR) is 56.8 cm³/mol. The molecule has 12 heavy (non-hydrogen) atoms. The van der Waals surface area contributed by atoms with Gasteiger partial charge in [-0.2, -0.15) is 0 Å². The van der Waals surface area contributed by atoms with E-state index in [2.05, 4.69) is 15.7 Å². The molecule has 0 aliphatic carbocycles. The smallest absolute Gasteiger partial charge is 0.193 e. The summed E-state index contributed by atoms with van der Waals surface area (Å²) >= 11 is 3.11. The third-order valence-corrected chi connectivity index (χ3v) is 3.06. The third kappa shape index (κ3) is 1.95. The molecule has 0 radical (unpaired) electrons. The summed E-state index contributed by atoms with van der Waals surface area (Å²) in [6.45, 7) is 0. The molecule has 0 saturated carbocycles. The molecule has 1 rings (SSSR count). The van der Waals surface area contributed by atoms with Crippen LogP contribution in [0.3, 0.4) is 0 Å². The van der Waals surface area contributed by atoms with E-state index in [1.165, 1.54) is 0 Å². The molecule has 0 aromatic heterocycles. The number of nitrogens with one attached hydrogen (secondary N) is 2. The molecule has 1 aliphatic rings. The van der Waals surface area contributed by atoms with Crippen LogP contribution in [-0.2, 0) is 0 Å². The molecular formula is C6H12N4S2. The van der Waals surface area contributed by atoms with Crippen molar-refractivity contribution in [3.05, 3.63) is 12.3 Å². The maximum atomic E-state index is 5.40. The van der Waals surface area contributed by atoms with Gasteiger partial charge in [-0.25, -0.2) is 10.4 Å². The largest absolute Gasteiger partial charge is 0.342 e. The number of hydrogen-bond acceptors (Lipinski definition) is 6. The minimum Gasteiger partial charge on any atom is -0.342 e. The van der Waals surface area contributed by atoms with E-state index in [4.69, 9.17) is 5.84 Å².